The van der Waals surface area contributed by atoms with Crippen LogP contribution in [0.1, 0.15) is 40.9 Å². The number of nitrogens with one attached hydrogen (secondary N) is 1. The van der Waals surface area contributed by atoms with Gasteiger partial charge < -0.3 is 11.1 Å². The van der Waals surface area contributed by atoms with Gasteiger partial charge >= 0.3 is 0 Å². The molecule has 0 saturated carbocycles. The fourth-order valence-electron chi connectivity index (χ4n) is 1.77. The number of nitrogens with two attached hydrogens (primary N) is 1. The third-order valence-corrected chi connectivity index (χ3v) is 4.62. The van der Waals surface area contributed by atoms with E-state index in [9.17, 15) is 4.79 Å². The summed E-state index contributed by atoms with van der Waals surface area (Å²) in [6, 6.07) is 9.44. The van der Waals surface area contributed by atoms with Gasteiger partial charge in [0.2, 0.25) is 0 Å². The van der Waals surface area contributed by atoms with Gasteiger partial charge in [0.25, 0.3) is 5.91 Å². The van der Waals surface area contributed by atoms with Crippen LogP contribution in [0.2, 0.25) is 0 Å². The second-order valence-electron chi connectivity index (χ2n) is 5.94. The van der Waals surface area contributed by atoms with Gasteiger partial charge in [-0.05, 0) is 42.2 Å². The summed E-state index contributed by atoms with van der Waals surface area (Å²) in [5, 5.41) is 2.88. The summed E-state index contributed by atoms with van der Waals surface area (Å²) in [7, 11) is 0. The van der Waals surface area contributed by atoms with Crippen LogP contribution in [0.3, 0.4) is 0 Å². The van der Waals surface area contributed by atoms with Gasteiger partial charge in [0.05, 0.1) is 4.88 Å². The summed E-state index contributed by atoms with van der Waals surface area (Å²) in [5.74, 6) is -0.0891. The number of carbonyl (C=O) groups is 1. The quantitative estimate of drug-likeness (QED) is 0.814. The zero-order valence-electron chi connectivity index (χ0n) is 12.3. The maximum Gasteiger partial charge on any atom is 0.265 e. The Kier molecular flexibility index (Phi) is 3.86. The Morgan fingerprint density at radius 2 is 1.90 bits per heavy atom. The zero-order valence-corrected chi connectivity index (χ0v) is 13.1. The molecule has 20 heavy (non-hydrogen) atoms. The Balaban J connectivity index is 2.16. The lowest BCUT2D eigenvalue weighted by molar-refractivity contribution is 0.103. The van der Waals surface area contributed by atoms with E-state index in [1.807, 2.05) is 31.2 Å². The van der Waals surface area contributed by atoms with Crippen molar-refractivity contribution in [1.29, 1.82) is 0 Å². The van der Waals surface area contributed by atoms with Crippen LogP contribution in [0.4, 0.5) is 11.4 Å². The Morgan fingerprint density at radius 3 is 2.45 bits per heavy atom. The molecule has 2 rings (SSSR count). The summed E-state index contributed by atoms with van der Waals surface area (Å²) in [5.41, 5.74) is 8.33. The predicted octanol–water partition coefficient (Wildman–Crippen LogP) is 4.19. The van der Waals surface area contributed by atoms with Crippen LogP contribution < -0.4 is 11.1 Å². The molecule has 2 aromatic rings. The second kappa shape index (κ2) is 5.29. The molecule has 0 aliphatic rings. The topological polar surface area (TPSA) is 55.1 Å². The summed E-state index contributed by atoms with van der Waals surface area (Å²) in [6.45, 7) is 8.36. The summed E-state index contributed by atoms with van der Waals surface area (Å²) >= 11 is 1.53. The molecule has 106 valence electrons. The Morgan fingerprint density at radius 1 is 1.20 bits per heavy atom. The molecule has 3 N–H and O–H groups in total. The molecule has 4 heteroatoms. The predicted molar refractivity (Wildman–Crippen MR) is 86.6 cm³/mol. The van der Waals surface area contributed by atoms with Crippen molar-refractivity contribution in [2.45, 2.75) is 33.1 Å². The molecule has 3 nitrogen and oxygen atoms in total. The monoisotopic (exact) mass is 288 g/mol. The van der Waals surface area contributed by atoms with Crippen LogP contribution in [-0.2, 0) is 5.41 Å². The third-order valence-electron chi connectivity index (χ3n) is 3.11. The fourth-order valence-corrected chi connectivity index (χ4v) is 2.73. The minimum absolute atomic E-state index is 0.0669. The molecule has 0 spiro atoms. The van der Waals surface area contributed by atoms with E-state index in [4.69, 9.17) is 5.73 Å². The summed E-state index contributed by atoms with van der Waals surface area (Å²) in [4.78, 5) is 14.1. The number of aryl methyl sites for hydroxylation is 1. The Hall–Kier alpha value is -1.81. The van der Waals surface area contributed by atoms with E-state index in [0.717, 1.165) is 11.3 Å². The third kappa shape index (κ3) is 3.20. The van der Waals surface area contributed by atoms with Gasteiger partial charge in [-0.15, -0.1) is 11.3 Å². The molecule has 1 aromatic heterocycles. The maximum absolute atomic E-state index is 12.2. The van der Waals surface area contributed by atoms with Gasteiger partial charge in [-0.1, -0.05) is 26.8 Å². The number of hydrogen-bond acceptors (Lipinski definition) is 3. The van der Waals surface area contributed by atoms with E-state index in [2.05, 4.69) is 26.1 Å². The fraction of sp³-hybridized carbons (Fsp3) is 0.312. The van der Waals surface area contributed by atoms with E-state index in [0.29, 0.717) is 10.6 Å². The average molecular weight is 288 g/mol. The van der Waals surface area contributed by atoms with E-state index in [1.165, 1.54) is 16.2 Å². The minimum Gasteiger partial charge on any atom is -0.398 e. The number of anilines is 2. The van der Waals surface area contributed by atoms with Crippen LogP contribution in [0.15, 0.2) is 30.3 Å². The van der Waals surface area contributed by atoms with Gasteiger partial charge in [-0.3, -0.25) is 4.79 Å². The second-order valence-corrected chi connectivity index (χ2v) is 7.02. The van der Waals surface area contributed by atoms with Crippen LogP contribution in [-0.4, -0.2) is 5.91 Å². The molecule has 0 bridgehead atoms. The van der Waals surface area contributed by atoms with Gasteiger partial charge in [0.15, 0.2) is 0 Å². The molecule has 0 radical (unpaired) electrons. The number of thiophene rings is 1. The molecule has 1 heterocycles. The van der Waals surface area contributed by atoms with Crippen molar-refractivity contribution in [3.8, 4) is 0 Å². The molecule has 0 unspecified atom stereocenters. The molecule has 0 fully saturated rings. The van der Waals surface area contributed by atoms with Crippen LogP contribution >= 0.6 is 11.3 Å². The zero-order chi connectivity index (χ0) is 14.9. The Labute approximate surface area is 123 Å². The van der Waals surface area contributed by atoms with Crippen molar-refractivity contribution in [1.82, 2.24) is 0 Å². The van der Waals surface area contributed by atoms with Crippen LogP contribution in [0.25, 0.3) is 0 Å². The normalized spacial score (nSPS) is 11.4. The molecule has 0 atom stereocenters. The Bertz CT molecular complexity index is 638. The number of hydrogen-bond donors (Lipinski definition) is 2. The van der Waals surface area contributed by atoms with E-state index < -0.39 is 0 Å². The van der Waals surface area contributed by atoms with E-state index in [-0.39, 0.29) is 11.3 Å². The molecule has 1 amide bonds. The number of benzene rings is 1. The van der Waals surface area contributed by atoms with Gasteiger partial charge in [-0.25, -0.2) is 0 Å². The number of carbonyl (C=O) groups excluding carboxylic acids is 1. The lowest BCUT2D eigenvalue weighted by atomic mass is 9.95. The van der Waals surface area contributed by atoms with Crippen molar-refractivity contribution in [2.75, 3.05) is 11.1 Å². The minimum atomic E-state index is -0.0891. The molecule has 1 aromatic carbocycles. The van der Waals surface area contributed by atoms with Crippen molar-refractivity contribution < 1.29 is 4.79 Å². The largest absolute Gasteiger partial charge is 0.398 e. The highest BCUT2D eigenvalue weighted by molar-refractivity contribution is 7.14. The molecular weight excluding hydrogens is 268 g/mol. The molecule has 0 aliphatic heterocycles. The van der Waals surface area contributed by atoms with Gasteiger partial charge in [0.1, 0.15) is 0 Å². The smallest absolute Gasteiger partial charge is 0.265 e. The average Bonchev–Trinajstić information content (AvgIpc) is 2.83. The maximum atomic E-state index is 12.2. The number of amides is 1. The standard InChI is InChI=1S/C16H20N2OS/c1-10-5-6-11(9-12(10)17)18-15(19)13-7-8-14(20-13)16(2,3)4/h5-9H,17H2,1-4H3,(H,18,19). The van der Waals surface area contributed by atoms with Crippen molar-refractivity contribution in [3.63, 3.8) is 0 Å². The molecule has 0 saturated heterocycles. The first-order valence-corrected chi connectivity index (χ1v) is 7.37. The highest BCUT2D eigenvalue weighted by Crippen LogP contribution is 2.30. The first kappa shape index (κ1) is 14.6. The first-order chi connectivity index (χ1) is 9.27. The first-order valence-electron chi connectivity index (χ1n) is 6.55. The number of rotatable bonds is 2. The van der Waals surface area contributed by atoms with Crippen molar-refractivity contribution >= 4 is 28.6 Å². The highest BCUT2D eigenvalue weighted by atomic mass is 32.1. The van der Waals surface area contributed by atoms with Gasteiger partial charge in [-0.2, -0.15) is 0 Å². The van der Waals surface area contributed by atoms with Crippen LogP contribution in [0, 0.1) is 6.92 Å². The van der Waals surface area contributed by atoms with Crippen LogP contribution in [0.5, 0.6) is 0 Å². The van der Waals surface area contributed by atoms with E-state index >= 15 is 0 Å². The van der Waals surface area contributed by atoms with Crippen molar-refractivity contribution in [3.05, 3.63) is 45.6 Å². The SMILES string of the molecule is Cc1ccc(NC(=O)c2ccc(C(C)(C)C)s2)cc1N. The van der Waals surface area contributed by atoms with Crippen molar-refractivity contribution in [2.24, 2.45) is 0 Å². The number of nitrogen functional groups attached to an aromatic ring is 1. The van der Waals surface area contributed by atoms with Gasteiger partial charge in [0, 0.05) is 16.3 Å². The molecular formula is C16H20N2OS. The summed E-state index contributed by atoms with van der Waals surface area (Å²) in [6.07, 6.45) is 0. The lowest BCUT2D eigenvalue weighted by Crippen LogP contribution is -2.11. The molecule has 0 aliphatic carbocycles. The lowest BCUT2D eigenvalue weighted by Gasteiger charge is -2.15. The summed E-state index contributed by atoms with van der Waals surface area (Å²) < 4.78 is 0. The van der Waals surface area contributed by atoms with E-state index in [1.54, 1.807) is 6.07 Å². The highest BCUT2D eigenvalue weighted by Gasteiger charge is 2.18.